The maximum absolute atomic E-state index is 2.60. The van der Waals surface area contributed by atoms with Crippen LogP contribution in [0.4, 0.5) is 0 Å². The number of allylic oxidation sites excluding steroid dienone is 2. The third-order valence-corrected chi connectivity index (χ3v) is 7.11. The summed E-state index contributed by atoms with van der Waals surface area (Å²) in [5.74, 6) is 1.89. The van der Waals surface area contributed by atoms with E-state index in [4.69, 9.17) is 0 Å². The molecule has 0 radical (unpaired) electrons. The van der Waals surface area contributed by atoms with Crippen LogP contribution < -0.4 is 0 Å². The van der Waals surface area contributed by atoms with E-state index in [1.165, 1.54) is 90.3 Å². The van der Waals surface area contributed by atoms with Crippen molar-refractivity contribution < 1.29 is 0 Å². The average Bonchev–Trinajstić information content (AvgIpc) is 3.06. The Bertz CT molecular complexity index is 528. The molecule has 0 bridgehead atoms. The summed E-state index contributed by atoms with van der Waals surface area (Å²) in [4.78, 5) is 5.06. The second-order valence-corrected chi connectivity index (χ2v) is 10.5. The number of nitrogens with zero attached hydrogens (tertiary/aromatic N) is 2. The first kappa shape index (κ1) is 28.4. The minimum Gasteiger partial charge on any atom is -0.306 e. The van der Waals surface area contributed by atoms with Crippen LogP contribution in [-0.2, 0) is 0 Å². The van der Waals surface area contributed by atoms with Gasteiger partial charge < -0.3 is 9.80 Å². The van der Waals surface area contributed by atoms with Crippen molar-refractivity contribution in [1.82, 2.24) is 9.80 Å². The zero-order chi connectivity index (χ0) is 23.2. The van der Waals surface area contributed by atoms with Crippen LogP contribution in [0.2, 0.25) is 0 Å². The topological polar surface area (TPSA) is 6.48 Å². The van der Waals surface area contributed by atoms with Crippen LogP contribution in [0.25, 0.3) is 0 Å². The fourth-order valence-electron chi connectivity index (χ4n) is 5.50. The monoisotopic (exact) mass is 432 g/mol. The van der Waals surface area contributed by atoms with Crippen molar-refractivity contribution in [3.8, 4) is 0 Å². The molecule has 2 saturated heterocycles. The predicted molar refractivity (Wildman–Crippen MR) is 141 cm³/mol. The summed E-state index contributed by atoms with van der Waals surface area (Å²) < 4.78 is 0. The lowest BCUT2D eigenvalue weighted by Crippen LogP contribution is -2.33. The maximum atomic E-state index is 2.60. The number of likely N-dealkylation sites (tertiary alicyclic amines) is 2. The molecule has 0 spiro atoms. The van der Waals surface area contributed by atoms with Crippen molar-refractivity contribution in [3.63, 3.8) is 0 Å². The van der Waals surface area contributed by atoms with Crippen molar-refractivity contribution >= 4 is 0 Å². The first-order valence-corrected chi connectivity index (χ1v) is 13.7. The fourth-order valence-corrected chi connectivity index (χ4v) is 5.50. The smallest absolute Gasteiger partial charge is 0.0120 e. The highest BCUT2D eigenvalue weighted by Gasteiger charge is 2.31. The van der Waals surface area contributed by atoms with Gasteiger partial charge >= 0.3 is 0 Å². The standard InChI is InChI=1S/C13H21N.C10H19N.C4H10.C2H6/c1-3-11-5-4-6-12-7-9-14(2)10-8-13(11)12;1-11-8-3-2-5-9-6-4-7-10(9)11;1-4(2)3;1-2/h6H,3-5,7-10H2,1-2H3;9-10H,2-8H2,1H3;4H,1-3H3;1-2H3/t;9?,10-;;/m.0../s1. The third kappa shape index (κ3) is 10.3. The molecule has 2 nitrogen and oxygen atoms in total. The minimum absolute atomic E-state index is 0.833. The van der Waals surface area contributed by atoms with E-state index in [9.17, 15) is 0 Å². The Labute approximate surface area is 196 Å². The lowest BCUT2D eigenvalue weighted by Gasteiger charge is -2.26. The van der Waals surface area contributed by atoms with Gasteiger partial charge in [-0.05, 0) is 101 Å². The highest BCUT2D eigenvalue weighted by atomic mass is 15.1. The van der Waals surface area contributed by atoms with Gasteiger partial charge in [-0.15, -0.1) is 0 Å². The number of fused-ring (bicyclic) bond motifs is 2. The van der Waals surface area contributed by atoms with Crippen LogP contribution in [0.3, 0.4) is 0 Å². The molecule has 2 aliphatic heterocycles. The van der Waals surface area contributed by atoms with Crippen LogP contribution in [0.1, 0.15) is 112 Å². The molecular weight excluding hydrogens is 376 g/mol. The molecule has 2 aliphatic carbocycles. The minimum atomic E-state index is 0.833. The summed E-state index contributed by atoms with van der Waals surface area (Å²) in [5.41, 5.74) is 5.11. The van der Waals surface area contributed by atoms with Crippen molar-refractivity contribution in [2.24, 2.45) is 11.8 Å². The molecular formula is C29H56N2. The molecule has 0 N–H and O–H groups in total. The lowest BCUT2D eigenvalue weighted by molar-refractivity contribution is 0.216. The van der Waals surface area contributed by atoms with Crippen LogP contribution in [0, 0.1) is 11.8 Å². The molecule has 0 aromatic rings. The first-order valence-electron chi connectivity index (χ1n) is 13.7. The quantitative estimate of drug-likeness (QED) is 0.413. The lowest BCUT2D eigenvalue weighted by atomic mass is 9.87. The first-order chi connectivity index (χ1) is 14.9. The Morgan fingerprint density at radius 3 is 2.19 bits per heavy atom. The van der Waals surface area contributed by atoms with E-state index >= 15 is 0 Å². The highest BCUT2D eigenvalue weighted by Crippen LogP contribution is 2.35. The van der Waals surface area contributed by atoms with Gasteiger partial charge in [-0.2, -0.15) is 0 Å². The third-order valence-electron chi connectivity index (χ3n) is 7.11. The highest BCUT2D eigenvalue weighted by molar-refractivity contribution is 5.39. The molecule has 2 heteroatoms. The van der Waals surface area contributed by atoms with Gasteiger partial charge in [0.1, 0.15) is 0 Å². The summed E-state index contributed by atoms with van der Waals surface area (Å²) in [5, 5.41) is 0. The van der Waals surface area contributed by atoms with Gasteiger partial charge in [0.25, 0.3) is 0 Å². The van der Waals surface area contributed by atoms with E-state index in [0.29, 0.717) is 0 Å². The largest absolute Gasteiger partial charge is 0.306 e. The molecule has 2 atom stereocenters. The summed E-state index contributed by atoms with van der Waals surface area (Å²) in [6.45, 7) is 16.6. The Kier molecular flexibility index (Phi) is 14.7. The van der Waals surface area contributed by atoms with E-state index in [1.807, 2.05) is 13.8 Å². The van der Waals surface area contributed by atoms with Gasteiger partial charge in [-0.3, -0.25) is 0 Å². The molecule has 1 saturated carbocycles. The van der Waals surface area contributed by atoms with Gasteiger partial charge in [-0.25, -0.2) is 0 Å². The van der Waals surface area contributed by atoms with Crippen molar-refractivity contribution in [1.29, 1.82) is 0 Å². The van der Waals surface area contributed by atoms with Crippen LogP contribution in [-0.4, -0.2) is 49.6 Å². The Hall–Kier alpha value is -0.600. The molecule has 31 heavy (non-hydrogen) atoms. The van der Waals surface area contributed by atoms with Gasteiger partial charge in [0.05, 0.1) is 0 Å². The van der Waals surface area contributed by atoms with Gasteiger partial charge in [0, 0.05) is 19.1 Å². The SMILES string of the molecule is CC.CC(C)C.CCC1=C2CCN(C)CCC2=CCC1.CN1CCCCC2CCC[C@@H]21. The molecule has 0 aromatic carbocycles. The fraction of sp³-hybridized carbons (Fsp3) is 0.862. The van der Waals surface area contributed by atoms with E-state index in [0.717, 1.165) is 17.9 Å². The Morgan fingerprint density at radius 1 is 0.871 bits per heavy atom. The second kappa shape index (κ2) is 16.1. The average molecular weight is 433 g/mol. The normalized spacial score (nSPS) is 26.5. The van der Waals surface area contributed by atoms with Crippen LogP contribution >= 0.6 is 0 Å². The summed E-state index contributed by atoms with van der Waals surface area (Å²) in [6.07, 6.45) is 17.8. The summed E-state index contributed by atoms with van der Waals surface area (Å²) >= 11 is 0. The molecule has 182 valence electrons. The van der Waals surface area contributed by atoms with E-state index in [1.54, 1.807) is 16.7 Å². The molecule has 0 aromatic heterocycles. The molecule has 3 fully saturated rings. The molecule has 0 amide bonds. The van der Waals surface area contributed by atoms with Crippen molar-refractivity contribution in [2.45, 2.75) is 118 Å². The zero-order valence-electron chi connectivity index (χ0n) is 22.6. The summed E-state index contributed by atoms with van der Waals surface area (Å²) in [6, 6.07) is 0.956. The Morgan fingerprint density at radius 2 is 1.52 bits per heavy atom. The molecule has 2 heterocycles. The van der Waals surface area contributed by atoms with Crippen molar-refractivity contribution in [2.75, 3.05) is 33.7 Å². The van der Waals surface area contributed by atoms with Gasteiger partial charge in [0.2, 0.25) is 0 Å². The second-order valence-electron chi connectivity index (χ2n) is 10.5. The number of hydrogen-bond acceptors (Lipinski definition) is 2. The molecule has 4 rings (SSSR count). The maximum Gasteiger partial charge on any atom is 0.0120 e. The van der Waals surface area contributed by atoms with Crippen LogP contribution in [0.5, 0.6) is 0 Å². The molecule has 4 aliphatic rings. The van der Waals surface area contributed by atoms with Gasteiger partial charge in [-0.1, -0.05) is 66.0 Å². The number of hydrogen-bond donors (Lipinski definition) is 0. The van der Waals surface area contributed by atoms with E-state index < -0.39 is 0 Å². The Balaban J connectivity index is 0.000000252. The van der Waals surface area contributed by atoms with E-state index in [2.05, 4.69) is 57.7 Å². The number of rotatable bonds is 1. The molecule has 1 unspecified atom stereocenters. The van der Waals surface area contributed by atoms with Crippen molar-refractivity contribution in [3.05, 3.63) is 22.8 Å². The summed E-state index contributed by atoms with van der Waals surface area (Å²) in [7, 11) is 4.55. The van der Waals surface area contributed by atoms with E-state index in [-0.39, 0.29) is 0 Å². The van der Waals surface area contributed by atoms with Gasteiger partial charge in [0.15, 0.2) is 0 Å². The van der Waals surface area contributed by atoms with Crippen LogP contribution in [0.15, 0.2) is 22.8 Å². The zero-order valence-corrected chi connectivity index (χ0v) is 22.6. The predicted octanol–water partition coefficient (Wildman–Crippen LogP) is 8.10.